The summed E-state index contributed by atoms with van der Waals surface area (Å²) in [4.78, 5) is 12.7. The first kappa shape index (κ1) is 19.4. The van der Waals surface area contributed by atoms with E-state index in [4.69, 9.17) is 15.2 Å². The van der Waals surface area contributed by atoms with Crippen molar-refractivity contribution in [3.8, 4) is 11.8 Å². The van der Waals surface area contributed by atoms with Crippen LogP contribution in [0.5, 0.6) is 0 Å². The molecular weight excluding hydrogens is 378 g/mol. The number of aliphatic hydroxyl groups excluding tert-OH is 3. The van der Waals surface area contributed by atoms with Crippen LogP contribution in [0.3, 0.4) is 0 Å². The quantitative estimate of drug-likeness (QED) is 0.505. The van der Waals surface area contributed by atoms with Gasteiger partial charge in [0.15, 0.2) is 17.7 Å². The highest BCUT2D eigenvalue weighted by Gasteiger charge is 2.44. The molecule has 5 N–H and O–H groups in total. The van der Waals surface area contributed by atoms with E-state index in [9.17, 15) is 15.3 Å². The molecule has 2 aromatic heterocycles. The average Bonchev–Trinajstić information content (AvgIpc) is 3.28. The first-order chi connectivity index (χ1) is 14.1. The lowest BCUT2D eigenvalue weighted by Crippen LogP contribution is -2.33. The van der Waals surface area contributed by atoms with Gasteiger partial charge in [0.25, 0.3) is 0 Å². The van der Waals surface area contributed by atoms with Crippen molar-refractivity contribution in [1.82, 2.24) is 19.5 Å². The molecule has 0 spiro atoms. The summed E-state index contributed by atoms with van der Waals surface area (Å²) < 4.78 is 12.6. The van der Waals surface area contributed by atoms with E-state index in [0.717, 1.165) is 18.6 Å². The van der Waals surface area contributed by atoms with Gasteiger partial charge in [-0.15, -0.1) is 0 Å². The Kier molecular flexibility index (Phi) is 5.46. The number of imidazole rings is 1. The van der Waals surface area contributed by atoms with Gasteiger partial charge in [0.2, 0.25) is 5.82 Å². The van der Waals surface area contributed by atoms with Crippen molar-refractivity contribution >= 4 is 17.0 Å². The molecule has 1 saturated heterocycles. The summed E-state index contributed by atoms with van der Waals surface area (Å²) in [5.74, 6) is 6.84. The zero-order chi connectivity index (χ0) is 20.4. The van der Waals surface area contributed by atoms with Crippen LogP contribution in [0, 0.1) is 11.8 Å². The van der Waals surface area contributed by atoms with Crippen LogP contribution in [0.1, 0.15) is 24.9 Å². The van der Waals surface area contributed by atoms with Crippen molar-refractivity contribution in [2.75, 3.05) is 18.9 Å². The molecule has 0 saturated carbocycles. The minimum Gasteiger partial charge on any atom is -0.485 e. The van der Waals surface area contributed by atoms with Crippen molar-refractivity contribution in [2.24, 2.45) is 0 Å². The van der Waals surface area contributed by atoms with Gasteiger partial charge in [0, 0.05) is 6.42 Å². The van der Waals surface area contributed by atoms with Crippen LogP contribution in [0.4, 0.5) is 5.82 Å². The minimum atomic E-state index is -1.26. The van der Waals surface area contributed by atoms with Crippen molar-refractivity contribution in [1.29, 1.82) is 0 Å². The van der Waals surface area contributed by atoms with E-state index in [2.05, 4.69) is 32.9 Å². The number of ether oxygens (including phenoxy) is 2. The second-order valence-electron chi connectivity index (χ2n) is 6.68. The van der Waals surface area contributed by atoms with Crippen molar-refractivity contribution in [2.45, 2.75) is 37.4 Å². The number of aliphatic hydroxyl groups is 3. The zero-order valence-electron chi connectivity index (χ0n) is 15.5. The monoisotopic (exact) mass is 399 g/mol. The molecule has 0 unspecified atom stereocenters. The van der Waals surface area contributed by atoms with E-state index in [1.165, 1.54) is 10.9 Å². The van der Waals surface area contributed by atoms with Crippen LogP contribution < -0.4 is 5.73 Å². The number of nitrogens with two attached hydrogens (primary N) is 1. The molecule has 3 heterocycles. The molecule has 4 atom stereocenters. The number of aromatic nitrogens is 4. The highest BCUT2D eigenvalue weighted by atomic mass is 16.6. The Labute approximate surface area is 166 Å². The van der Waals surface area contributed by atoms with Crippen LogP contribution in [0.25, 0.3) is 11.2 Å². The number of rotatable bonds is 4. The van der Waals surface area contributed by atoms with Gasteiger partial charge in [-0.05, 0) is 18.4 Å². The number of allylic oxidation sites excluding steroid dienone is 4. The van der Waals surface area contributed by atoms with Crippen molar-refractivity contribution in [3.05, 3.63) is 36.1 Å². The molecule has 0 radical (unpaired) electrons. The molecule has 4 rings (SSSR count). The predicted octanol–water partition coefficient (Wildman–Crippen LogP) is -0.378. The maximum absolute atomic E-state index is 10.3. The standard InChI is InChI=1S/C19H21N5O5/c20-17-14-18(24(10-21-14)19-16(27)15(26)12(9-25)29-19)23-13(22-17)7-4-8-28-11-5-2-1-3-6-11/h1-2,5,10,12,15-16,19,25-27H,3,6,8-9H2,(H2,20,22,23)/t12-,15-,16-,19-/m1/s1. The fourth-order valence-corrected chi connectivity index (χ4v) is 3.24. The highest BCUT2D eigenvalue weighted by molar-refractivity contribution is 5.82. The normalized spacial score (nSPS) is 26.2. The van der Waals surface area contributed by atoms with Gasteiger partial charge < -0.3 is 30.5 Å². The minimum absolute atomic E-state index is 0.130. The van der Waals surface area contributed by atoms with Crippen LogP contribution in [-0.4, -0.2) is 66.4 Å². The SMILES string of the molecule is Nc1nc(C#CCOC2=CC=CCC2)nc2c1ncn2[C@@H]1O[C@H](CO)[C@@H](O)[C@H]1O. The molecule has 152 valence electrons. The Bertz CT molecular complexity index is 1020. The lowest BCUT2D eigenvalue weighted by atomic mass is 10.1. The van der Waals surface area contributed by atoms with Gasteiger partial charge in [-0.2, -0.15) is 0 Å². The molecule has 10 heteroatoms. The van der Waals surface area contributed by atoms with Gasteiger partial charge in [-0.3, -0.25) is 4.57 Å². The van der Waals surface area contributed by atoms with E-state index in [0.29, 0.717) is 11.2 Å². The number of hydrogen-bond acceptors (Lipinski definition) is 9. The number of anilines is 1. The first-order valence-electron chi connectivity index (χ1n) is 9.18. The second kappa shape index (κ2) is 8.18. The van der Waals surface area contributed by atoms with Crippen molar-refractivity contribution < 1.29 is 24.8 Å². The van der Waals surface area contributed by atoms with Crippen LogP contribution in [0.15, 0.2) is 30.3 Å². The Morgan fingerprint density at radius 3 is 2.90 bits per heavy atom. The van der Waals surface area contributed by atoms with Crippen LogP contribution in [-0.2, 0) is 9.47 Å². The smallest absolute Gasteiger partial charge is 0.209 e. The zero-order valence-corrected chi connectivity index (χ0v) is 15.5. The molecule has 0 aromatic carbocycles. The summed E-state index contributed by atoms with van der Waals surface area (Å²) in [6.07, 6.45) is 4.72. The third-order valence-corrected chi connectivity index (χ3v) is 4.75. The Morgan fingerprint density at radius 2 is 2.17 bits per heavy atom. The third kappa shape index (κ3) is 3.81. The van der Waals surface area contributed by atoms with E-state index in [-0.39, 0.29) is 18.2 Å². The Hall–Kier alpha value is -2.97. The summed E-state index contributed by atoms with van der Waals surface area (Å²) in [6, 6.07) is 0. The van der Waals surface area contributed by atoms with Gasteiger partial charge in [-0.25, -0.2) is 15.0 Å². The molecule has 10 nitrogen and oxygen atoms in total. The van der Waals surface area contributed by atoms with Gasteiger partial charge in [0.05, 0.1) is 18.7 Å². The average molecular weight is 399 g/mol. The number of nitrogen functional groups attached to an aromatic ring is 1. The number of fused-ring (bicyclic) bond motifs is 1. The molecule has 1 aliphatic heterocycles. The van der Waals surface area contributed by atoms with Gasteiger partial charge in [-0.1, -0.05) is 18.1 Å². The first-order valence-corrected chi connectivity index (χ1v) is 9.18. The largest absolute Gasteiger partial charge is 0.485 e. The number of hydrogen-bond donors (Lipinski definition) is 4. The van der Waals surface area contributed by atoms with Crippen LogP contribution >= 0.6 is 0 Å². The molecule has 29 heavy (non-hydrogen) atoms. The molecular formula is C19H21N5O5. The predicted molar refractivity (Wildman–Crippen MR) is 102 cm³/mol. The summed E-state index contributed by atoms with van der Waals surface area (Å²) in [5.41, 5.74) is 6.60. The second-order valence-corrected chi connectivity index (χ2v) is 6.68. The summed E-state index contributed by atoms with van der Waals surface area (Å²) in [7, 11) is 0. The third-order valence-electron chi connectivity index (χ3n) is 4.75. The molecule has 2 aromatic rings. The topological polar surface area (TPSA) is 149 Å². The van der Waals surface area contributed by atoms with E-state index < -0.39 is 31.1 Å². The van der Waals surface area contributed by atoms with E-state index in [1.807, 2.05) is 12.2 Å². The summed E-state index contributed by atoms with van der Waals surface area (Å²) >= 11 is 0. The molecule has 0 amide bonds. The highest BCUT2D eigenvalue weighted by Crippen LogP contribution is 2.31. The molecule has 2 aliphatic rings. The Balaban J connectivity index is 1.57. The fraction of sp³-hybridized carbons (Fsp3) is 0.421. The summed E-state index contributed by atoms with van der Waals surface area (Å²) in [5, 5.41) is 29.5. The van der Waals surface area contributed by atoms with Gasteiger partial charge in [0.1, 0.15) is 30.4 Å². The molecule has 1 aliphatic carbocycles. The van der Waals surface area contributed by atoms with E-state index >= 15 is 0 Å². The Morgan fingerprint density at radius 1 is 1.31 bits per heavy atom. The molecule has 0 bridgehead atoms. The fourth-order valence-electron chi connectivity index (χ4n) is 3.24. The maximum atomic E-state index is 10.3. The molecule has 1 fully saturated rings. The maximum Gasteiger partial charge on any atom is 0.209 e. The van der Waals surface area contributed by atoms with Gasteiger partial charge >= 0.3 is 0 Å². The van der Waals surface area contributed by atoms with E-state index in [1.54, 1.807) is 0 Å². The summed E-state index contributed by atoms with van der Waals surface area (Å²) in [6.45, 7) is -0.240. The lowest BCUT2D eigenvalue weighted by molar-refractivity contribution is -0.0511. The van der Waals surface area contributed by atoms with Crippen LogP contribution in [0.2, 0.25) is 0 Å². The lowest BCUT2D eigenvalue weighted by Gasteiger charge is -2.16. The van der Waals surface area contributed by atoms with Crippen molar-refractivity contribution in [3.63, 3.8) is 0 Å². The number of nitrogens with zero attached hydrogens (tertiary/aromatic N) is 4.